The minimum Gasteiger partial charge on any atom is -0.493 e. The van der Waals surface area contributed by atoms with Gasteiger partial charge in [0, 0.05) is 17.5 Å². The van der Waals surface area contributed by atoms with Crippen molar-refractivity contribution < 1.29 is 4.74 Å². The zero-order valence-electron chi connectivity index (χ0n) is 13.6. The van der Waals surface area contributed by atoms with Gasteiger partial charge in [0.15, 0.2) is 0 Å². The summed E-state index contributed by atoms with van der Waals surface area (Å²) in [5.74, 6) is 1.91. The number of benzene rings is 1. The van der Waals surface area contributed by atoms with E-state index in [1.54, 1.807) is 0 Å². The summed E-state index contributed by atoms with van der Waals surface area (Å²) < 4.78 is 6.31. The summed E-state index contributed by atoms with van der Waals surface area (Å²) in [6.45, 7) is 6.00. The van der Waals surface area contributed by atoms with Crippen LogP contribution in [0.15, 0.2) is 12.1 Å². The molecule has 0 heterocycles. The largest absolute Gasteiger partial charge is 0.493 e. The molecule has 2 N–H and O–H groups in total. The highest BCUT2D eigenvalue weighted by molar-refractivity contribution is 5.48. The molecule has 2 aliphatic rings. The molecule has 0 saturated heterocycles. The molecule has 2 saturated carbocycles. The molecule has 0 radical (unpaired) electrons. The van der Waals surface area contributed by atoms with Gasteiger partial charge in [-0.1, -0.05) is 37.0 Å². The summed E-state index contributed by atoms with van der Waals surface area (Å²) in [7, 11) is 0. The summed E-state index contributed by atoms with van der Waals surface area (Å²) >= 11 is 0. The lowest BCUT2D eigenvalue weighted by molar-refractivity contribution is 0.176. The maximum absolute atomic E-state index is 6.31. The number of aryl methyl sites for hydroxylation is 2. The lowest BCUT2D eigenvalue weighted by Gasteiger charge is -2.32. The van der Waals surface area contributed by atoms with E-state index in [2.05, 4.69) is 26.0 Å². The number of hydrogen-bond donors (Lipinski definition) is 1. The van der Waals surface area contributed by atoms with E-state index >= 15 is 0 Å². The van der Waals surface area contributed by atoms with Crippen molar-refractivity contribution in [1.82, 2.24) is 0 Å². The molecule has 116 valence electrons. The third-order valence-corrected chi connectivity index (χ3v) is 5.63. The Labute approximate surface area is 129 Å². The third kappa shape index (κ3) is 2.83. The van der Waals surface area contributed by atoms with E-state index in [-0.39, 0.29) is 5.41 Å². The Hall–Kier alpha value is -1.02. The molecule has 21 heavy (non-hydrogen) atoms. The SMILES string of the molecule is Cc1cc(C)c(OCC2CCC2)c(C2(CN)CCCC2)c1. The molecule has 0 aromatic heterocycles. The van der Waals surface area contributed by atoms with E-state index in [0.29, 0.717) is 0 Å². The Balaban J connectivity index is 1.92. The quantitative estimate of drug-likeness (QED) is 0.878. The molecule has 0 aliphatic heterocycles. The standard InChI is InChI=1S/C19H29NO/c1-14-10-15(2)18(21-12-16-6-5-7-16)17(11-14)19(13-20)8-3-4-9-19/h10-11,16H,3-9,12-13,20H2,1-2H3. The molecule has 2 aliphatic carbocycles. The first-order chi connectivity index (χ1) is 10.1. The molecule has 1 aromatic rings. The fourth-order valence-corrected chi connectivity index (χ4v) is 4.04. The van der Waals surface area contributed by atoms with Gasteiger partial charge < -0.3 is 10.5 Å². The fourth-order valence-electron chi connectivity index (χ4n) is 4.04. The third-order valence-electron chi connectivity index (χ3n) is 5.63. The van der Waals surface area contributed by atoms with Crippen LogP contribution in [-0.4, -0.2) is 13.2 Å². The highest BCUT2D eigenvalue weighted by Gasteiger charge is 2.37. The second-order valence-electron chi connectivity index (χ2n) is 7.26. The zero-order chi connectivity index (χ0) is 14.9. The lowest BCUT2D eigenvalue weighted by atomic mass is 9.77. The van der Waals surface area contributed by atoms with Gasteiger partial charge in [-0.3, -0.25) is 0 Å². The lowest BCUT2D eigenvalue weighted by Crippen LogP contribution is -2.33. The molecule has 1 aromatic carbocycles. The molecule has 2 fully saturated rings. The average Bonchev–Trinajstić information content (AvgIpc) is 2.88. The number of nitrogens with two attached hydrogens (primary N) is 1. The summed E-state index contributed by atoms with van der Waals surface area (Å²) in [4.78, 5) is 0. The van der Waals surface area contributed by atoms with E-state index in [1.165, 1.54) is 61.6 Å². The summed E-state index contributed by atoms with van der Waals surface area (Å²) in [5, 5.41) is 0. The highest BCUT2D eigenvalue weighted by atomic mass is 16.5. The molecule has 2 nitrogen and oxygen atoms in total. The number of hydrogen-bond acceptors (Lipinski definition) is 2. The Kier molecular flexibility index (Phi) is 4.26. The van der Waals surface area contributed by atoms with Crippen molar-refractivity contribution in [3.05, 3.63) is 28.8 Å². The van der Waals surface area contributed by atoms with Gasteiger partial charge >= 0.3 is 0 Å². The second kappa shape index (κ2) is 6.00. The van der Waals surface area contributed by atoms with Gasteiger partial charge in [-0.25, -0.2) is 0 Å². The molecule has 0 amide bonds. The molecule has 3 rings (SSSR count). The first kappa shape index (κ1) is 14.9. The van der Waals surface area contributed by atoms with E-state index in [9.17, 15) is 0 Å². The van der Waals surface area contributed by atoms with Crippen molar-refractivity contribution in [2.75, 3.05) is 13.2 Å². The first-order valence-electron chi connectivity index (χ1n) is 8.59. The predicted octanol–water partition coefficient (Wildman–Crippen LogP) is 4.25. The monoisotopic (exact) mass is 287 g/mol. The van der Waals surface area contributed by atoms with E-state index in [0.717, 1.165) is 24.8 Å². The first-order valence-corrected chi connectivity index (χ1v) is 8.59. The Morgan fingerprint density at radius 3 is 2.43 bits per heavy atom. The Morgan fingerprint density at radius 1 is 1.14 bits per heavy atom. The van der Waals surface area contributed by atoms with Crippen molar-refractivity contribution in [3.8, 4) is 5.75 Å². The summed E-state index contributed by atoms with van der Waals surface area (Å²) in [6.07, 6.45) is 9.07. The van der Waals surface area contributed by atoms with Crippen molar-refractivity contribution in [2.45, 2.75) is 64.2 Å². The smallest absolute Gasteiger partial charge is 0.126 e. The number of rotatable bonds is 5. The van der Waals surface area contributed by atoms with E-state index in [1.807, 2.05) is 0 Å². The Morgan fingerprint density at radius 2 is 1.86 bits per heavy atom. The zero-order valence-corrected chi connectivity index (χ0v) is 13.6. The molecule has 0 unspecified atom stereocenters. The second-order valence-corrected chi connectivity index (χ2v) is 7.26. The van der Waals surface area contributed by atoms with Crippen LogP contribution in [0, 0.1) is 19.8 Å². The molecule has 0 spiro atoms. The maximum Gasteiger partial charge on any atom is 0.126 e. The van der Waals surface area contributed by atoms with Gasteiger partial charge in [0.25, 0.3) is 0 Å². The van der Waals surface area contributed by atoms with E-state index in [4.69, 9.17) is 10.5 Å². The topological polar surface area (TPSA) is 35.2 Å². The van der Waals surface area contributed by atoms with Crippen molar-refractivity contribution in [2.24, 2.45) is 11.7 Å². The van der Waals surface area contributed by atoms with Crippen molar-refractivity contribution in [3.63, 3.8) is 0 Å². The summed E-state index contributed by atoms with van der Waals surface area (Å²) in [5.41, 5.74) is 10.4. The minimum absolute atomic E-state index is 0.158. The van der Waals surface area contributed by atoms with Crippen LogP contribution >= 0.6 is 0 Å². The van der Waals surface area contributed by atoms with Gasteiger partial charge in [0.2, 0.25) is 0 Å². The fraction of sp³-hybridized carbons (Fsp3) is 0.684. The van der Waals surface area contributed by atoms with Crippen molar-refractivity contribution >= 4 is 0 Å². The molecule has 0 bridgehead atoms. The summed E-state index contributed by atoms with van der Waals surface area (Å²) in [6, 6.07) is 4.58. The van der Waals surface area contributed by atoms with Gasteiger partial charge in [-0.15, -0.1) is 0 Å². The van der Waals surface area contributed by atoms with Crippen LogP contribution in [0.4, 0.5) is 0 Å². The highest BCUT2D eigenvalue weighted by Crippen LogP contribution is 2.45. The van der Waals surface area contributed by atoms with Crippen LogP contribution in [-0.2, 0) is 5.41 Å². The van der Waals surface area contributed by atoms with Crippen LogP contribution in [0.1, 0.15) is 61.6 Å². The van der Waals surface area contributed by atoms with Crippen molar-refractivity contribution in [1.29, 1.82) is 0 Å². The van der Waals surface area contributed by atoms with Crippen LogP contribution in [0.3, 0.4) is 0 Å². The molecule has 2 heteroatoms. The number of ether oxygens (including phenoxy) is 1. The molecule has 0 atom stereocenters. The van der Waals surface area contributed by atoms with Gasteiger partial charge in [-0.05, 0) is 51.0 Å². The van der Waals surface area contributed by atoms with Gasteiger partial charge in [0.1, 0.15) is 5.75 Å². The minimum atomic E-state index is 0.158. The van der Waals surface area contributed by atoms with Crippen LogP contribution < -0.4 is 10.5 Å². The average molecular weight is 287 g/mol. The molecular formula is C19H29NO. The Bertz CT molecular complexity index is 499. The maximum atomic E-state index is 6.31. The van der Waals surface area contributed by atoms with Gasteiger partial charge in [-0.2, -0.15) is 0 Å². The van der Waals surface area contributed by atoms with E-state index < -0.39 is 0 Å². The molecular weight excluding hydrogens is 258 g/mol. The van der Waals surface area contributed by atoms with Gasteiger partial charge in [0.05, 0.1) is 6.61 Å². The van der Waals surface area contributed by atoms with Crippen LogP contribution in [0.5, 0.6) is 5.75 Å². The van der Waals surface area contributed by atoms with Crippen LogP contribution in [0.25, 0.3) is 0 Å². The predicted molar refractivity (Wildman–Crippen MR) is 88.0 cm³/mol. The van der Waals surface area contributed by atoms with Crippen LogP contribution in [0.2, 0.25) is 0 Å². The normalized spacial score (nSPS) is 21.3.